The average Bonchev–Trinajstić information content (AvgIpc) is 3.16. The summed E-state index contributed by atoms with van der Waals surface area (Å²) in [4.78, 5) is 13.8. The number of benzene rings is 1. The Bertz CT molecular complexity index is 1070. The molecule has 9 heteroatoms. The number of nitrogens with zero attached hydrogens (tertiary/aromatic N) is 3. The van der Waals surface area contributed by atoms with E-state index in [1.54, 1.807) is 29.8 Å². The zero-order chi connectivity index (χ0) is 21.2. The van der Waals surface area contributed by atoms with E-state index in [0.29, 0.717) is 11.7 Å². The predicted molar refractivity (Wildman–Crippen MR) is 123 cm³/mol. The number of halogens is 2. The Morgan fingerprint density at radius 1 is 1.26 bits per heavy atom. The summed E-state index contributed by atoms with van der Waals surface area (Å²) in [6.07, 6.45) is 4.69. The number of aryl methyl sites for hydroxylation is 1. The number of anilines is 2. The minimum absolute atomic E-state index is 0.0913. The molecule has 3 heterocycles. The van der Waals surface area contributed by atoms with Gasteiger partial charge in [-0.2, -0.15) is 0 Å². The highest BCUT2D eigenvalue weighted by molar-refractivity contribution is 7.19. The molecule has 0 radical (unpaired) electrons. The topological polar surface area (TPSA) is 62.3 Å². The van der Waals surface area contributed by atoms with Crippen LogP contribution in [0.15, 0.2) is 24.5 Å². The van der Waals surface area contributed by atoms with E-state index in [1.165, 1.54) is 16.5 Å². The molecule has 1 aliphatic heterocycles. The fourth-order valence-electron chi connectivity index (χ4n) is 4.34. The number of rotatable bonds is 6. The number of hydrogen-bond acceptors (Lipinski definition) is 7. The molecule has 2 aromatic heterocycles. The summed E-state index contributed by atoms with van der Waals surface area (Å²) in [5.74, 6) is 0.323. The molecule has 3 aromatic rings. The third-order valence-corrected chi connectivity index (χ3v) is 7.44. The van der Waals surface area contributed by atoms with Gasteiger partial charge in [0.05, 0.1) is 23.6 Å². The number of nitrogens with one attached hydrogen (secondary N) is 2. The van der Waals surface area contributed by atoms with Crippen molar-refractivity contribution in [1.82, 2.24) is 20.2 Å². The van der Waals surface area contributed by atoms with Crippen molar-refractivity contribution in [2.45, 2.75) is 25.3 Å². The summed E-state index contributed by atoms with van der Waals surface area (Å²) < 4.78 is 18.9. The summed E-state index contributed by atoms with van der Waals surface area (Å²) in [6, 6.07) is 5.10. The van der Waals surface area contributed by atoms with E-state index in [1.807, 2.05) is 0 Å². The van der Waals surface area contributed by atoms with Crippen LogP contribution >= 0.6 is 22.9 Å². The van der Waals surface area contributed by atoms with Crippen LogP contribution in [-0.4, -0.2) is 60.3 Å². The first-order valence-corrected chi connectivity index (χ1v) is 11.9. The van der Waals surface area contributed by atoms with Gasteiger partial charge in [0.15, 0.2) is 0 Å². The van der Waals surface area contributed by atoms with Gasteiger partial charge in [0.25, 0.3) is 0 Å². The third-order valence-electron chi connectivity index (χ3n) is 5.99. The van der Waals surface area contributed by atoms with Crippen molar-refractivity contribution in [3.63, 3.8) is 0 Å². The number of fused-ring (bicyclic) bond motifs is 3. The molecule has 1 atom stereocenters. The zero-order valence-corrected chi connectivity index (χ0v) is 18.7. The Morgan fingerprint density at radius 3 is 2.97 bits per heavy atom. The van der Waals surface area contributed by atoms with E-state index in [2.05, 4.69) is 25.5 Å². The highest BCUT2D eigenvalue weighted by Gasteiger charge is 2.25. The minimum atomic E-state index is -0.430. The Hall–Kier alpha value is -1.84. The Kier molecular flexibility index (Phi) is 6.34. The molecule has 2 aliphatic rings. The number of morpholine rings is 1. The molecule has 5 rings (SSSR count). The maximum Gasteiger partial charge on any atom is 0.142 e. The van der Waals surface area contributed by atoms with Crippen LogP contribution in [-0.2, 0) is 17.6 Å². The molecule has 6 nitrogen and oxygen atoms in total. The van der Waals surface area contributed by atoms with Gasteiger partial charge < -0.3 is 15.4 Å². The molecule has 1 saturated heterocycles. The molecule has 0 amide bonds. The van der Waals surface area contributed by atoms with E-state index >= 15 is 0 Å². The summed E-state index contributed by atoms with van der Waals surface area (Å²) in [7, 11) is 0. The largest absolute Gasteiger partial charge is 0.379 e. The van der Waals surface area contributed by atoms with Gasteiger partial charge in [-0.15, -0.1) is 11.3 Å². The van der Waals surface area contributed by atoms with E-state index in [-0.39, 0.29) is 5.02 Å². The van der Waals surface area contributed by atoms with Crippen LogP contribution in [0, 0.1) is 5.82 Å². The number of aromatic nitrogens is 2. The lowest BCUT2D eigenvalue weighted by Gasteiger charge is -2.28. The van der Waals surface area contributed by atoms with Gasteiger partial charge >= 0.3 is 0 Å². The lowest BCUT2D eigenvalue weighted by molar-refractivity contribution is 0.0381. The lowest BCUT2D eigenvalue weighted by Crippen LogP contribution is -2.43. The molecule has 1 unspecified atom stereocenters. The standard InChI is InChI=1S/C22H25ClFN5OS/c23-17-11-15(2-4-18(17)24)28-21-20-16-3-1-14(12-19(16)31-22(20)27-13-26-21)25-5-6-29-7-9-30-10-8-29/h2,4,11,13-14,25H,1,3,5-10,12H2,(H,26,27,28). The number of ether oxygens (including phenoxy) is 1. The molecule has 31 heavy (non-hydrogen) atoms. The monoisotopic (exact) mass is 461 g/mol. The van der Waals surface area contributed by atoms with Crippen LogP contribution in [0.1, 0.15) is 16.9 Å². The smallest absolute Gasteiger partial charge is 0.142 e. The van der Waals surface area contributed by atoms with Crippen molar-refractivity contribution in [3.05, 3.63) is 45.8 Å². The average molecular weight is 462 g/mol. The van der Waals surface area contributed by atoms with Crippen molar-refractivity contribution >= 4 is 44.7 Å². The van der Waals surface area contributed by atoms with E-state index < -0.39 is 5.82 Å². The highest BCUT2D eigenvalue weighted by atomic mass is 35.5. The molecule has 0 bridgehead atoms. The van der Waals surface area contributed by atoms with Gasteiger partial charge in [0.1, 0.15) is 22.8 Å². The molecule has 1 aromatic carbocycles. The van der Waals surface area contributed by atoms with Gasteiger partial charge in [-0.1, -0.05) is 11.6 Å². The minimum Gasteiger partial charge on any atom is -0.379 e. The van der Waals surface area contributed by atoms with Crippen LogP contribution in [0.5, 0.6) is 0 Å². The summed E-state index contributed by atoms with van der Waals surface area (Å²) in [6.45, 7) is 5.81. The first-order chi connectivity index (χ1) is 15.2. The first-order valence-electron chi connectivity index (χ1n) is 10.7. The maximum absolute atomic E-state index is 13.5. The molecule has 1 aliphatic carbocycles. The van der Waals surface area contributed by atoms with E-state index in [9.17, 15) is 4.39 Å². The van der Waals surface area contributed by atoms with E-state index in [0.717, 1.165) is 74.7 Å². The van der Waals surface area contributed by atoms with Crippen LogP contribution in [0.2, 0.25) is 5.02 Å². The van der Waals surface area contributed by atoms with Gasteiger partial charge in [-0.25, -0.2) is 14.4 Å². The summed E-state index contributed by atoms with van der Waals surface area (Å²) in [5, 5.41) is 8.22. The number of thiophene rings is 1. The van der Waals surface area contributed by atoms with Crippen molar-refractivity contribution in [2.24, 2.45) is 0 Å². The first kappa shape index (κ1) is 21.0. The molecule has 2 N–H and O–H groups in total. The third kappa shape index (κ3) is 4.68. The molecular formula is C22H25ClFN5OS. The Balaban J connectivity index is 1.29. The second-order valence-corrected chi connectivity index (χ2v) is 9.50. The Labute approximate surface area is 189 Å². The summed E-state index contributed by atoms with van der Waals surface area (Å²) in [5.41, 5.74) is 2.05. The van der Waals surface area contributed by atoms with Crippen molar-refractivity contribution in [2.75, 3.05) is 44.7 Å². The molecule has 0 saturated carbocycles. The molecular weight excluding hydrogens is 437 g/mol. The molecule has 164 valence electrons. The lowest BCUT2D eigenvalue weighted by atomic mass is 9.93. The van der Waals surface area contributed by atoms with E-state index in [4.69, 9.17) is 16.3 Å². The second kappa shape index (κ2) is 9.34. The van der Waals surface area contributed by atoms with Crippen LogP contribution in [0.25, 0.3) is 10.2 Å². The van der Waals surface area contributed by atoms with Crippen LogP contribution in [0.4, 0.5) is 15.9 Å². The second-order valence-electron chi connectivity index (χ2n) is 8.01. The maximum atomic E-state index is 13.5. The highest BCUT2D eigenvalue weighted by Crippen LogP contribution is 2.39. The van der Waals surface area contributed by atoms with Gasteiger partial charge in [-0.3, -0.25) is 4.90 Å². The van der Waals surface area contributed by atoms with Gasteiger partial charge in [0.2, 0.25) is 0 Å². The van der Waals surface area contributed by atoms with Crippen molar-refractivity contribution < 1.29 is 9.13 Å². The zero-order valence-electron chi connectivity index (χ0n) is 17.2. The van der Waals surface area contributed by atoms with Crippen molar-refractivity contribution in [1.29, 1.82) is 0 Å². The normalized spacial score (nSPS) is 19.5. The quantitative estimate of drug-likeness (QED) is 0.578. The van der Waals surface area contributed by atoms with Crippen molar-refractivity contribution in [3.8, 4) is 0 Å². The predicted octanol–water partition coefficient (Wildman–Crippen LogP) is 4.01. The fourth-order valence-corrected chi connectivity index (χ4v) is 5.79. The van der Waals surface area contributed by atoms with Crippen LogP contribution < -0.4 is 10.6 Å². The van der Waals surface area contributed by atoms with Crippen LogP contribution in [0.3, 0.4) is 0 Å². The molecule has 1 fully saturated rings. The SMILES string of the molecule is Fc1ccc(Nc2ncnc3sc4c(c23)CCC(NCCN2CCOCC2)C4)cc1Cl. The fraction of sp³-hybridized carbons (Fsp3) is 0.455. The van der Waals surface area contributed by atoms with Gasteiger partial charge in [-0.05, 0) is 43.0 Å². The number of hydrogen-bond donors (Lipinski definition) is 2. The molecule has 0 spiro atoms. The van der Waals surface area contributed by atoms with Gasteiger partial charge in [0, 0.05) is 42.8 Å². The summed E-state index contributed by atoms with van der Waals surface area (Å²) >= 11 is 7.69. The Morgan fingerprint density at radius 2 is 2.13 bits per heavy atom.